The number of halogens is 9. The molecule has 0 aromatic heterocycles. The quantitative estimate of drug-likeness (QED) is 0.715. The van der Waals surface area contributed by atoms with Gasteiger partial charge in [0.2, 0.25) is 0 Å². The lowest BCUT2D eigenvalue weighted by atomic mass is 9.96. The maximum Gasteiger partial charge on any atom is 0.416 e. The molecular weight excluding hydrogens is 404 g/mol. The van der Waals surface area contributed by atoms with Crippen LogP contribution in [0.5, 0.6) is 5.75 Å². The molecule has 2 rings (SSSR count). The second kappa shape index (κ2) is 8.61. The monoisotopic (exact) mass is 418 g/mol. The van der Waals surface area contributed by atoms with Crippen molar-refractivity contribution < 1.29 is 35.8 Å². The molecule has 1 aromatic carbocycles. The summed E-state index contributed by atoms with van der Waals surface area (Å²) in [7, 11) is 0. The number of hydrogen-bond donors (Lipinski definition) is 2. The Morgan fingerprint density at radius 1 is 1.00 bits per heavy atom. The van der Waals surface area contributed by atoms with E-state index in [1.807, 2.05) is 0 Å². The first-order valence-electron chi connectivity index (χ1n) is 6.63. The van der Waals surface area contributed by atoms with Crippen LogP contribution in [0.3, 0.4) is 0 Å². The van der Waals surface area contributed by atoms with Crippen LogP contribution in [0.4, 0.5) is 30.7 Å². The summed E-state index contributed by atoms with van der Waals surface area (Å²) < 4.78 is 92.8. The number of benzene rings is 1. The highest BCUT2D eigenvalue weighted by Crippen LogP contribution is 2.47. The number of phenolic OH excluding ortho intramolecular Hbond substituents is 1. The lowest BCUT2D eigenvalue weighted by Crippen LogP contribution is -2.49. The van der Waals surface area contributed by atoms with Crippen LogP contribution in [0.15, 0.2) is 12.1 Å². The third-order valence-corrected chi connectivity index (χ3v) is 3.57. The summed E-state index contributed by atoms with van der Waals surface area (Å²) in [5.74, 6) is -3.15. The second-order valence-electron chi connectivity index (χ2n) is 5.09. The molecule has 0 saturated carbocycles. The van der Waals surface area contributed by atoms with Crippen LogP contribution >= 0.6 is 24.8 Å². The van der Waals surface area contributed by atoms with E-state index in [0.29, 0.717) is 6.07 Å². The summed E-state index contributed by atoms with van der Waals surface area (Å²) >= 11 is 0. The third kappa shape index (κ3) is 5.25. The molecule has 1 fully saturated rings. The van der Waals surface area contributed by atoms with Crippen LogP contribution in [0.1, 0.15) is 17.2 Å². The van der Waals surface area contributed by atoms with Gasteiger partial charge in [0.1, 0.15) is 6.04 Å². The van der Waals surface area contributed by atoms with Gasteiger partial charge in [-0.25, -0.2) is 4.39 Å². The van der Waals surface area contributed by atoms with Crippen molar-refractivity contribution >= 4 is 24.8 Å². The molecule has 3 nitrogen and oxygen atoms in total. The maximum absolute atomic E-state index is 13.4. The van der Waals surface area contributed by atoms with Gasteiger partial charge in [0.05, 0.1) is 5.56 Å². The van der Waals surface area contributed by atoms with Crippen molar-refractivity contribution in [3.8, 4) is 5.75 Å². The van der Waals surface area contributed by atoms with Crippen LogP contribution in [0.2, 0.25) is 0 Å². The predicted octanol–water partition coefficient (Wildman–Crippen LogP) is 3.90. The van der Waals surface area contributed by atoms with Crippen molar-refractivity contribution in [2.45, 2.75) is 18.4 Å². The molecule has 146 valence electrons. The van der Waals surface area contributed by atoms with Gasteiger partial charge in [-0.2, -0.15) is 26.3 Å². The topological polar surface area (TPSA) is 35.5 Å². The Morgan fingerprint density at radius 2 is 1.52 bits per heavy atom. The molecule has 1 aliphatic heterocycles. The molecule has 0 bridgehead atoms. The SMILES string of the molecule is Cl.Cl.Oc1c(F)ccc(C(F)(F)F)c1[C@H](N1CCNCC1)C(F)(F)F. The highest BCUT2D eigenvalue weighted by atomic mass is 35.5. The lowest BCUT2D eigenvalue weighted by Gasteiger charge is -2.37. The van der Waals surface area contributed by atoms with E-state index in [4.69, 9.17) is 0 Å². The van der Waals surface area contributed by atoms with E-state index in [2.05, 4.69) is 5.32 Å². The van der Waals surface area contributed by atoms with Crippen molar-refractivity contribution in [2.75, 3.05) is 26.2 Å². The maximum atomic E-state index is 13.4. The molecule has 1 aliphatic rings. The molecule has 25 heavy (non-hydrogen) atoms. The van der Waals surface area contributed by atoms with Crippen molar-refractivity contribution in [2.24, 2.45) is 0 Å². The van der Waals surface area contributed by atoms with Gasteiger partial charge in [-0.1, -0.05) is 0 Å². The Bertz CT molecular complexity index is 575. The molecule has 0 aliphatic carbocycles. The van der Waals surface area contributed by atoms with Crippen LogP contribution < -0.4 is 5.32 Å². The normalized spacial score (nSPS) is 17.4. The van der Waals surface area contributed by atoms with E-state index < -0.39 is 41.1 Å². The average molecular weight is 419 g/mol. The van der Waals surface area contributed by atoms with Crippen LogP contribution in [0.25, 0.3) is 0 Å². The zero-order valence-corrected chi connectivity index (χ0v) is 14.1. The molecule has 2 N–H and O–H groups in total. The fourth-order valence-corrected chi connectivity index (χ4v) is 2.60. The number of hydrogen-bond acceptors (Lipinski definition) is 3. The van der Waals surface area contributed by atoms with Gasteiger partial charge in [-0.3, -0.25) is 4.90 Å². The summed E-state index contributed by atoms with van der Waals surface area (Å²) in [6, 6.07) is -2.23. The molecule has 1 heterocycles. The van der Waals surface area contributed by atoms with Crippen molar-refractivity contribution in [1.82, 2.24) is 10.2 Å². The van der Waals surface area contributed by atoms with Crippen molar-refractivity contribution in [3.05, 3.63) is 29.1 Å². The summed E-state index contributed by atoms with van der Waals surface area (Å²) in [4.78, 5) is 0.750. The molecule has 0 amide bonds. The summed E-state index contributed by atoms with van der Waals surface area (Å²) in [5, 5.41) is 12.4. The molecule has 1 atom stereocenters. The number of rotatable bonds is 2. The average Bonchev–Trinajstić information content (AvgIpc) is 2.42. The van der Waals surface area contributed by atoms with E-state index in [1.54, 1.807) is 0 Å². The molecule has 1 saturated heterocycles. The Morgan fingerprint density at radius 3 is 1.96 bits per heavy atom. The minimum Gasteiger partial charge on any atom is -0.505 e. The van der Waals surface area contributed by atoms with Crippen molar-refractivity contribution in [3.63, 3.8) is 0 Å². The van der Waals surface area contributed by atoms with Gasteiger partial charge < -0.3 is 10.4 Å². The fourth-order valence-electron chi connectivity index (χ4n) is 2.60. The molecule has 0 unspecified atom stereocenters. The van der Waals surface area contributed by atoms with E-state index in [9.17, 15) is 35.8 Å². The minimum absolute atomic E-state index is 0. The van der Waals surface area contributed by atoms with Gasteiger partial charge >= 0.3 is 12.4 Å². The van der Waals surface area contributed by atoms with Gasteiger partial charge in [0, 0.05) is 31.7 Å². The number of piperazine rings is 1. The van der Waals surface area contributed by atoms with E-state index >= 15 is 0 Å². The fraction of sp³-hybridized carbons (Fsp3) is 0.538. The third-order valence-electron chi connectivity index (χ3n) is 3.57. The highest BCUT2D eigenvalue weighted by Gasteiger charge is 2.50. The van der Waals surface area contributed by atoms with E-state index in [1.165, 1.54) is 0 Å². The van der Waals surface area contributed by atoms with Gasteiger partial charge in [0.25, 0.3) is 0 Å². The molecule has 0 radical (unpaired) electrons. The number of alkyl halides is 6. The van der Waals surface area contributed by atoms with E-state index in [0.717, 1.165) is 4.90 Å². The zero-order chi connectivity index (χ0) is 17.4. The smallest absolute Gasteiger partial charge is 0.416 e. The first-order valence-corrected chi connectivity index (χ1v) is 6.63. The molecule has 12 heteroatoms. The summed E-state index contributed by atoms with van der Waals surface area (Å²) in [6.07, 6.45) is -10.3. The molecule has 1 aromatic rings. The minimum atomic E-state index is -5.15. The number of nitrogens with one attached hydrogen (secondary N) is 1. The Hall–Kier alpha value is -0.970. The summed E-state index contributed by atoms with van der Waals surface area (Å²) in [6.45, 7) is -0.0805. The van der Waals surface area contributed by atoms with Crippen LogP contribution in [0, 0.1) is 5.82 Å². The Labute approximate surface area is 151 Å². The lowest BCUT2D eigenvalue weighted by molar-refractivity contribution is -0.191. The summed E-state index contributed by atoms with van der Waals surface area (Å²) in [5.41, 5.74) is -3.19. The second-order valence-corrected chi connectivity index (χ2v) is 5.09. The predicted molar refractivity (Wildman–Crippen MR) is 80.8 cm³/mol. The van der Waals surface area contributed by atoms with Gasteiger partial charge in [-0.05, 0) is 12.1 Å². The van der Waals surface area contributed by atoms with Crippen LogP contribution in [-0.4, -0.2) is 42.4 Å². The Balaban J connectivity index is 0.00000288. The molecular formula is C13H15Cl2F7N2O. The number of phenols is 1. The standard InChI is InChI=1S/C13H13F7N2O.2ClH/c14-8-2-1-7(12(15,16)17)9(10(8)23)11(13(18,19)20)22-5-3-21-4-6-22;;/h1-2,11,21,23H,3-6H2;2*1H/t11-;;/m0../s1. The van der Waals surface area contributed by atoms with Crippen molar-refractivity contribution in [1.29, 1.82) is 0 Å². The zero-order valence-electron chi connectivity index (χ0n) is 12.4. The van der Waals surface area contributed by atoms with Gasteiger partial charge in [-0.15, -0.1) is 24.8 Å². The molecule has 0 spiro atoms. The first kappa shape index (κ1) is 24.0. The highest BCUT2D eigenvalue weighted by molar-refractivity contribution is 5.85. The number of nitrogens with zero attached hydrogens (tertiary/aromatic N) is 1. The largest absolute Gasteiger partial charge is 0.505 e. The number of aromatic hydroxyl groups is 1. The van der Waals surface area contributed by atoms with Crippen LogP contribution in [-0.2, 0) is 6.18 Å². The van der Waals surface area contributed by atoms with Gasteiger partial charge in [0.15, 0.2) is 11.6 Å². The Kier molecular flexibility index (Phi) is 8.28. The first-order chi connectivity index (χ1) is 10.5. The van der Waals surface area contributed by atoms with E-state index in [-0.39, 0.29) is 57.1 Å².